The molecule has 0 aromatic heterocycles. The molecule has 2 aromatic carbocycles. The highest BCUT2D eigenvalue weighted by atomic mass is 79.9. The normalized spacial score (nSPS) is 13.1. The van der Waals surface area contributed by atoms with Gasteiger partial charge in [-0.1, -0.05) is 18.2 Å². The summed E-state index contributed by atoms with van der Waals surface area (Å²) in [5, 5.41) is 0. The van der Waals surface area contributed by atoms with Crippen LogP contribution in [0.1, 0.15) is 22.3 Å². The first-order chi connectivity index (χ1) is 12.1. The third-order valence-corrected chi connectivity index (χ3v) is 4.82. The molecule has 1 aliphatic heterocycles. The minimum Gasteiger partial charge on any atom is -0.497 e. The Morgan fingerprint density at radius 2 is 2.00 bits per heavy atom. The Labute approximate surface area is 154 Å². The van der Waals surface area contributed by atoms with E-state index in [0.717, 1.165) is 24.1 Å². The summed E-state index contributed by atoms with van der Waals surface area (Å²) in [5.41, 5.74) is 2.37. The van der Waals surface area contributed by atoms with Gasteiger partial charge in [0.15, 0.2) is 6.61 Å². The van der Waals surface area contributed by atoms with E-state index in [9.17, 15) is 9.59 Å². The van der Waals surface area contributed by atoms with Crippen LogP contribution in [0.3, 0.4) is 0 Å². The standard InChI is InChI=1S/C19H18BrNO4/c1-24-14-8-9-16(20)15(11-14)19(23)25-12-18(22)21-10-4-6-13-5-2-3-7-17(13)21/h2-3,5,7-9,11H,4,6,10,12H2,1H3. The number of benzene rings is 2. The Bertz CT molecular complexity index is 806. The maximum Gasteiger partial charge on any atom is 0.339 e. The molecule has 25 heavy (non-hydrogen) atoms. The van der Waals surface area contributed by atoms with Gasteiger partial charge in [-0.25, -0.2) is 4.79 Å². The van der Waals surface area contributed by atoms with Crippen LogP contribution in [-0.4, -0.2) is 32.1 Å². The molecule has 1 amide bonds. The molecule has 0 saturated carbocycles. The highest BCUT2D eigenvalue weighted by Crippen LogP contribution is 2.27. The SMILES string of the molecule is COc1ccc(Br)c(C(=O)OCC(=O)N2CCCc3ccccc32)c1. The van der Waals surface area contributed by atoms with Crippen LogP contribution in [0.2, 0.25) is 0 Å². The fourth-order valence-corrected chi connectivity index (χ4v) is 3.27. The van der Waals surface area contributed by atoms with E-state index in [0.29, 0.717) is 22.3 Å². The number of aryl methyl sites for hydroxylation is 1. The van der Waals surface area contributed by atoms with Gasteiger partial charge in [0.25, 0.3) is 5.91 Å². The van der Waals surface area contributed by atoms with E-state index < -0.39 is 5.97 Å². The van der Waals surface area contributed by atoms with Crippen LogP contribution in [0, 0.1) is 0 Å². The van der Waals surface area contributed by atoms with Crippen molar-refractivity contribution in [3.05, 3.63) is 58.1 Å². The molecular formula is C19H18BrNO4. The number of methoxy groups -OCH3 is 1. The van der Waals surface area contributed by atoms with Gasteiger partial charge < -0.3 is 14.4 Å². The lowest BCUT2D eigenvalue weighted by atomic mass is 10.0. The van der Waals surface area contributed by atoms with Crippen molar-refractivity contribution in [1.29, 1.82) is 0 Å². The topological polar surface area (TPSA) is 55.8 Å². The smallest absolute Gasteiger partial charge is 0.339 e. The summed E-state index contributed by atoms with van der Waals surface area (Å²) < 4.78 is 10.9. The molecule has 5 nitrogen and oxygen atoms in total. The first-order valence-electron chi connectivity index (χ1n) is 7.99. The second-order valence-electron chi connectivity index (χ2n) is 5.70. The number of ether oxygens (including phenoxy) is 2. The molecule has 6 heteroatoms. The third kappa shape index (κ3) is 3.85. The van der Waals surface area contributed by atoms with Gasteiger partial charge in [0.05, 0.1) is 12.7 Å². The highest BCUT2D eigenvalue weighted by molar-refractivity contribution is 9.10. The second kappa shape index (κ2) is 7.70. The number of hydrogen-bond donors (Lipinski definition) is 0. The van der Waals surface area contributed by atoms with Crippen LogP contribution in [-0.2, 0) is 16.0 Å². The Kier molecular flexibility index (Phi) is 5.38. The van der Waals surface area contributed by atoms with E-state index in [-0.39, 0.29) is 12.5 Å². The van der Waals surface area contributed by atoms with Gasteiger partial charge in [-0.3, -0.25) is 4.79 Å². The van der Waals surface area contributed by atoms with Crippen LogP contribution in [0.5, 0.6) is 5.75 Å². The van der Waals surface area contributed by atoms with Gasteiger partial charge in [0, 0.05) is 16.7 Å². The molecular weight excluding hydrogens is 386 g/mol. The van der Waals surface area contributed by atoms with Crippen molar-refractivity contribution >= 4 is 33.5 Å². The van der Waals surface area contributed by atoms with Gasteiger partial charge in [-0.2, -0.15) is 0 Å². The minimum atomic E-state index is -0.565. The van der Waals surface area contributed by atoms with Crippen LogP contribution in [0.25, 0.3) is 0 Å². The highest BCUT2D eigenvalue weighted by Gasteiger charge is 2.23. The third-order valence-electron chi connectivity index (χ3n) is 4.13. The van der Waals surface area contributed by atoms with Crippen molar-refractivity contribution in [3.63, 3.8) is 0 Å². The molecule has 0 bridgehead atoms. The van der Waals surface area contributed by atoms with Crippen LogP contribution in [0.15, 0.2) is 46.9 Å². The number of esters is 1. The lowest BCUT2D eigenvalue weighted by Crippen LogP contribution is -2.38. The number of para-hydroxylation sites is 1. The van der Waals surface area contributed by atoms with E-state index in [1.165, 1.54) is 7.11 Å². The van der Waals surface area contributed by atoms with Crippen molar-refractivity contribution in [2.45, 2.75) is 12.8 Å². The number of carbonyl (C=O) groups is 2. The zero-order valence-electron chi connectivity index (χ0n) is 13.8. The van der Waals surface area contributed by atoms with E-state index in [1.807, 2.05) is 24.3 Å². The number of anilines is 1. The van der Waals surface area contributed by atoms with Gasteiger partial charge in [-0.05, 0) is 58.6 Å². The first-order valence-corrected chi connectivity index (χ1v) is 8.78. The van der Waals surface area contributed by atoms with Crippen molar-refractivity contribution in [1.82, 2.24) is 0 Å². The fraction of sp³-hybridized carbons (Fsp3) is 0.263. The molecule has 0 saturated heterocycles. The summed E-state index contributed by atoms with van der Waals surface area (Å²) in [5.74, 6) is -0.240. The van der Waals surface area contributed by atoms with Crippen LogP contribution >= 0.6 is 15.9 Å². The monoisotopic (exact) mass is 403 g/mol. The molecule has 0 atom stereocenters. The molecule has 0 aliphatic carbocycles. The minimum absolute atomic E-state index is 0.223. The van der Waals surface area contributed by atoms with Gasteiger partial charge in [0.1, 0.15) is 5.75 Å². The lowest BCUT2D eigenvalue weighted by Gasteiger charge is -2.29. The number of fused-ring (bicyclic) bond motifs is 1. The number of nitrogens with zero attached hydrogens (tertiary/aromatic N) is 1. The van der Waals surface area contributed by atoms with E-state index in [4.69, 9.17) is 9.47 Å². The molecule has 0 fully saturated rings. The molecule has 2 aromatic rings. The molecule has 1 heterocycles. The maximum absolute atomic E-state index is 12.5. The average Bonchev–Trinajstić information content (AvgIpc) is 2.65. The van der Waals surface area contributed by atoms with Crippen molar-refractivity contribution in [2.24, 2.45) is 0 Å². The summed E-state index contributed by atoms with van der Waals surface area (Å²) in [7, 11) is 1.52. The van der Waals surface area contributed by atoms with Crippen molar-refractivity contribution in [3.8, 4) is 5.75 Å². The molecule has 0 spiro atoms. The summed E-state index contributed by atoms with van der Waals surface area (Å²) in [6, 6.07) is 12.8. The Morgan fingerprint density at radius 3 is 2.80 bits per heavy atom. The number of amides is 1. The maximum atomic E-state index is 12.5. The lowest BCUT2D eigenvalue weighted by molar-refractivity contribution is -0.121. The number of rotatable bonds is 4. The number of hydrogen-bond acceptors (Lipinski definition) is 4. The predicted octanol–water partition coefficient (Wildman–Crippen LogP) is 3.59. The van der Waals surface area contributed by atoms with E-state index in [2.05, 4.69) is 15.9 Å². The molecule has 0 radical (unpaired) electrons. The summed E-state index contributed by atoms with van der Waals surface area (Å²) in [6.45, 7) is 0.340. The first kappa shape index (κ1) is 17.5. The van der Waals surface area contributed by atoms with Crippen molar-refractivity contribution in [2.75, 3.05) is 25.2 Å². The Hall–Kier alpha value is -2.34. The Balaban J connectivity index is 1.68. The summed E-state index contributed by atoms with van der Waals surface area (Å²) >= 11 is 3.31. The Morgan fingerprint density at radius 1 is 1.20 bits per heavy atom. The van der Waals surface area contributed by atoms with Gasteiger partial charge >= 0.3 is 5.97 Å². The number of halogens is 1. The molecule has 0 unspecified atom stereocenters. The molecule has 1 aliphatic rings. The predicted molar refractivity (Wildman–Crippen MR) is 98.1 cm³/mol. The van der Waals surface area contributed by atoms with Crippen molar-refractivity contribution < 1.29 is 19.1 Å². The van der Waals surface area contributed by atoms with Crippen LogP contribution in [0.4, 0.5) is 5.69 Å². The van der Waals surface area contributed by atoms with Gasteiger partial charge in [-0.15, -0.1) is 0 Å². The summed E-state index contributed by atoms with van der Waals surface area (Å²) in [6.07, 6.45) is 1.86. The van der Waals surface area contributed by atoms with E-state index in [1.54, 1.807) is 23.1 Å². The second-order valence-corrected chi connectivity index (χ2v) is 6.55. The average molecular weight is 404 g/mol. The molecule has 0 N–H and O–H groups in total. The number of carbonyl (C=O) groups excluding carboxylic acids is 2. The zero-order valence-corrected chi connectivity index (χ0v) is 15.4. The zero-order chi connectivity index (χ0) is 17.8. The fourth-order valence-electron chi connectivity index (χ4n) is 2.86. The van der Waals surface area contributed by atoms with E-state index >= 15 is 0 Å². The largest absolute Gasteiger partial charge is 0.497 e. The quantitative estimate of drug-likeness (QED) is 0.731. The van der Waals surface area contributed by atoms with Gasteiger partial charge in [0.2, 0.25) is 0 Å². The molecule has 130 valence electrons. The molecule has 3 rings (SSSR count). The van der Waals surface area contributed by atoms with Crippen LogP contribution < -0.4 is 9.64 Å². The summed E-state index contributed by atoms with van der Waals surface area (Å²) in [4.78, 5) is 26.5.